The van der Waals surface area contributed by atoms with E-state index in [0.29, 0.717) is 5.02 Å². The van der Waals surface area contributed by atoms with Crippen LogP contribution >= 0.6 is 11.6 Å². The maximum Gasteiger partial charge on any atom is 0.253 e. The minimum absolute atomic E-state index is 0.121. The van der Waals surface area contributed by atoms with E-state index in [4.69, 9.17) is 16.6 Å². The van der Waals surface area contributed by atoms with E-state index in [-0.39, 0.29) is 5.91 Å². The number of benzene rings is 3. The van der Waals surface area contributed by atoms with E-state index in [1.165, 1.54) is 5.56 Å². The second-order valence-corrected chi connectivity index (χ2v) is 9.58. The quantitative estimate of drug-likeness (QED) is 0.200. The van der Waals surface area contributed by atoms with Crippen molar-refractivity contribution in [3.63, 3.8) is 0 Å². The Morgan fingerprint density at radius 3 is 2.59 bits per heavy atom. The molecule has 0 radical (unpaired) electrons. The fraction of sp³-hybridized carbons (Fsp3) is 0.250. The standard InChI is InChI=1S/C32H34ClN3O/c1-2-36(32(37)28-12-5-3-6-13-28)21-8-4-7-20-34-24-26-11-9-10-25(22-26)14-18-30-19-16-27-15-17-29(33)23-31(27)35-30/h3,5-6,9-19,22-23,34H,2,4,7-8,20-21,24H2,1H3/b18-14+. The molecule has 0 fully saturated rings. The van der Waals surface area contributed by atoms with E-state index in [1.807, 2.05) is 72.5 Å². The first kappa shape index (κ1) is 26.6. The molecule has 0 spiro atoms. The molecule has 0 saturated carbocycles. The molecule has 0 saturated heterocycles. The molecule has 4 nitrogen and oxygen atoms in total. The molecule has 0 bridgehead atoms. The van der Waals surface area contributed by atoms with Crippen molar-refractivity contribution in [2.24, 2.45) is 0 Å². The van der Waals surface area contributed by atoms with Crippen LogP contribution in [0.1, 0.15) is 53.4 Å². The fourth-order valence-electron chi connectivity index (χ4n) is 4.32. The third kappa shape index (κ3) is 8.01. The Balaban J connectivity index is 1.18. The van der Waals surface area contributed by atoms with Crippen LogP contribution in [0.15, 0.2) is 84.9 Å². The van der Waals surface area contributed by atoms with Gasteiger partial charge in [0.05, 0.1) is 11.2 Å². The van der Waals surface area contributed by atoms with Crippen LogP contribution in [0, 0.1) is 0 Å². The Kier molecular flexibility index (Phi) is 9.87. The van der Waals surface area contributed by atoms with Gasteiger partial charge in [0, 0.05) is 35.6 Å². The molecule has 3 aromatic carbocycles. The largest absolute Gasteiger partial charge is 0.339 e. The number of unbranched alkanes of at least 4 members (excludes halogenated alkanes) is 2. The molecule has 4 aromatic rings. The van der Waals surface area contributed by atoms with Crippen LogP contribution in [-0.4, -0.2) is 35.4 Å². The van der Waals surface area contributed by atoms with Gasteiger partial charge in [-0.3, -0.25) is 4.79 Å². The summed E-state index contributed by atoms with van der Waals surface area (Å²) in [6.07, 6.45) is 7.34. The van der Waals surface area contributed by atoms with E-state index in [9.17, 15) is 4.79 Å². The molecule has 1 aromatic heterocycles. The van der Waals surface area contributed by atoms with Gasteiger partial charge in [0.15, 0.2) is 0 Å². The lowest BCUT2D eigenvalue weighted by Gasteiger charge is -2.21. The van der Waals surface area contributed by atoms with Crippen molar-refractivity contribution in [1.29, 1.82) is 0 Å². The highest BCUT2D eigenvalue weighted by Crippen LogP contribution is 2.19. The molecule has 37 heavy (non-hydrogen) atoms. The lowest BCUT2D eigenvalue weighted by atomic mass is 10.1. The number of hydrogen-bond acceptors (Lipinski definition) is 3. The van der Waals surface area contributed by atoms with Gasteiger partial charge in [0.2, 0.25) is 0 Å². The maximum absolute atomic E-state index is 12.6. The molecule has 1 heterocycles. The number of halogens is 1. The Morgan fingerprint density at radius 1 is 0.919 bits per heavy atom. The van der Waals surface area contributed by atoms with Crippen LogP contribution in [0.2, 0.25) is 5.02 Å². The van der Waals surface area contributed by atoms with Crippen molar-refractivity contribution in [2.75, 3.05) is 19.6 Å². The van der Waals surface area contributed by atoms with Crippen molar-refractivity contribution < 1.29 is 4.79 Å². The van der Waals surface area contributed by atoms with Crippen molar-refractivity contribution in [3.8, 4) is 0 Å². The molecule has 0 aliphatic rings. The monoisotopic (exact) mass is 511 g/mol. The summed E-state index contributed by atoms with van der Waals surface area (Å²) in [7, 11) is 0. The maximum atomic E-state index is 12.6. The first-order chi connectivity index (χ1) is 18.1. The van der Waals surface area contributed by atoms with E-state index in [1.54, 1.807) is 0 Å². The highest BCUT2D eigenvalue weighted by molar-refractivity contribution is 6.31. The Bertz CT molecular complexity index is 1340. The Labute approximate surface area is 225 Å². The van der Waals surface area contributed by atoms with Crippen LogP contribution in [-0.2, 0) is 6.54 Å². The number of amides is 1. The first-order valence-electron chi connectivity index (χ1n) is 13.0. The Hall–Kier alpha value is -3.47. The van der Waals surface area contributed by atoms with Gasteiger partial charge in [-0.25, -0.2) is 4.98 Å². The van der Waals surface area contributed by atoms with Gasteiger partial charge < -0.3 is 10.2 Å². The summed E-state index contributed by atoms with van der Waals surface area (Å²) in [5.74, 6) is 0.121. The first-order valence-corrected chi connectivity index (χ1v) is 13.4. The number of rotatable bonds is 12. The fourth-order valence-corrected chi connectivity index (χ4v) is 4.48. The summed E-state index contributed by atoms with van der Waals surface area (Å²) in [6, 6.07) is 27.9. The number of hydrogen-bond donors (Lipinski definition) is 1. The van der Waals surface area contributed by atoms with Gasteiger partial charge in [-0.15, -0.1) is 0 Å². The second kappa shape index (κ2) is 13.7. The van der Waals surface area contributed by atoms with Gasteiger partial charge >= 0.3 is 0 Å². The molecule has 5 heteroatoms. The smallest absolute Gasteiger partial charge is 0.253 e. The molecule has 1 amide bonds. The number of nitrogens with one attached hydrogen (secondary N) is 1. The average molecular weight is 512 g/mol. The molecular formula is C32H34ClN3O. The highest BCUT2D eigenvalue weighted by Gasteiger charge is 2.12. The van der Waals surface area contributed by atoms with Crippen molar-refractivity contribution in [1.82, 2.24) is 15.2 Å². The van der Waals surface area contributed by atoms with Crippen molar-refractivity contribution >= 4 is 40.6 Å². The zero-order valence-electron chi connectivity index (χ0n) is 21.4. The topological polar surface area (TPSA) is 45.2 Å². The molecule has 0 aliphatic heterocycles. The lowest BCUT2D eigenvalue weighted by Crippen LogP contribution is -2.31. The summed E-state index contributed by atoms with van der Waals surface area (Å²) >= 11 is 6.11. The molecular weight excluding hydrogens is 478 g/mol. The number of nitrogens with zero attached hydrogens (tertiary/aromatic N) is 2. The van der Waals surface area contributed by atoms with Gasteiger partial charge in [0.25, 0.3) is 5.91 Å². The van der Waals surface area contributed by atoms with Gasteiger partial charge in [-0.05, 0) is 73.8 Å². The van der Waals surface area contributed by atoms with E-state index in [2.05, 4.69) is 41.7 Å². The van der Waals surface area contributed by atoms with Crippen molar-refractivity contribution in [3.05, 3.63) is 112 Å². The summed E-state index contributed by atoms with van der Waals surface area (Å²) in [4.78, 5) is 19.2. The van der Waals surface area contributed by atoms with Crippen LogP contribution in [0.3, 0.4) is 0 Å². The highest BCUT2D eigenvalue weighted by atomic mass is 35.5. The number of carbonyl (C=O) groups is 1. The van der Waals surface area contributed by atoms with E-state index < -0.39 is 0 Å². The van der Waals surface area contributed by atoms with Crippen LogP contribution in [0.5, 0.6) is 0 Å². The lowest BCUT2D eigenvalue weighted by molar-refractivity contribution is 0.0761. The number of pyridine rings is 1. The predicted molar refractivity (Wildman–Crippen MR) is 156 cm³/mol. The van der Waals surface area contributed by atoms with E-state index in [0.717, 1.165) is 73.2 Å². The van der Waals surface area contributed by atoms with Crippen LogP contribution in [0.25, 0.3) is 23.1 Å². The molecule has 0 unspecified atom stereocenters. The van der Waals surface area contributed by atoms with Gasteiger partial charge in [-0.2, -0.15) is 0 Å². The van der Waals surface area contributed by atoms with Crippen molar-refractivity contribution in [2.45, 2.75) is 32.7 Å². The minimum atomic E-state index is 0.121. The van der Waals surface area contributed by atoms with Crippen LogP contribution in [0.4, 0.5) is 0 Å². The Morgan fingerprint density at radius 2 is 1.76 bits per heavy atom. The zero-order valence-corrected chi connectivity index (χ0v) is 22.1. The van der Waals surface area contributed by atoms with Gasteiger partial charge in [-0.1, -0.05) is 78.7 Å². The SMILES string of the molecule is CCN(CCCCCNCc1cccc(/C=C/c2ccc3ccc(Cl)cc3n2)c1)C(=O)c1ccccc1. The average Bonchev–Trinajstić information content (AvgIpc) is 2.93. The summed E-state index contributed by atoms with van der Waals surface area (Å²) in [5.41, 5.74) is 4.98. The number of carbonyl (C=O) groups excluding carboxylic acids is 1. The normalized spacial score (nSPS) is 11.3. The van der Waals surface area contributed by atoms with Gasteiger partial charge in [0.1, 0.15) is 0 Å². The molecule has 0 aliphatic carbocycles. The molecule has 4 rings (SSSR count). The summed E-state index contributed by atoms with van der Waals surface area (Å²) in [6.45, 7) is 5.38. The second-order valence-electron chi connectivity index (χ2n) is 9.14. The third-order valence-electron chi connectivity index (χ3n) is 6.37. The molecule has 0 atom stereocenters. The zero-order chi connectivity index (χ0) is 25.9. The summed E-state index contributed by atoms with van der Waals surface area (Å²) in [5, 5.41) is 5.33. The predicted octanol–water partition coefficient (Wildman–Crippen LogP) is 7.48. The number of aromatic nitrogens is 1. The number of fused-ring (bicyclic) bond motifs is 1. The molecule has 190 valence electrons. The molecule has 1 N–H and O–H groups in total. The van der Waals surface area contributed by atoms with Crippen LogP contribution < -0.4 is 5.32 Å². The minimum Gasteiger partial charge on any atom is -0.339 e. The third-order valence-corrected chi connectivity index (χ3v) is 6.61. The van der Waals surface area contributed by atoms with E-state index >= 15 is 0 Å². The summed E-state index contributed by atoms with van der Waals surface area (Å²) < 4.78 is 0.